The van der Waals surface area contributed by atoms with E-state index in [0.29, 0.717) is 0 Å². The summed E-state index contributed by atoms with van der Waals surface area (Å²) in [6, 6.07) is 42.4. The standard InChI is InChI=1S/C33H21ClN2/c34-25-11-4-9-23(20-25)24-17-18-27-29-15-6-16-30(28-14-5-8-22-10-7-19-35-32(22)28)33(29)36(31(27)21-24)26-12-2-1-3-13-26/h1-21H. The smallest absolute Gasteiger partial charge is 0.0781 e. The molecule has 0 atom stereocenters. The number of benzene rings is 5. The lowest BCUT2D eigenvalue weighted by Gasteiger charge is -2.13. The maximum Gasteiger partial charge on any atom is 0.0781 e. The molecule has 3 heteroatoms. The Morgan fingerprint density at radius 2 is 1.36 bits per heavy atom. The average Bonchev–Trinajstić information content (AvgIpc) is 3.27. The van der Waals surface area contributed by atoms with Crippen LogP contribution in [0.25, 0.3) is 60.6 Å². The van der Waals surface area contributed by atoms with E-state index in [-0.39, 0.29) is 0 Å². The lowest BCUT2D eigenvalue weighted by molar-refractivity contribution is 1.18. The molecule has 2 nitrogen and oxygen atoms in total. The van der Waals surface area contributed by atoms with Crippen molar-refractivity contribution in [2.75, 3.05) is 0 Å². The Morgan fingerprint density at radius 3 is 2.25 bits per heavy atom. The van der Waals surface area contributed by atoms with E-state index in [9.17, 15) is 0 Å². The summed E-state index contributed by atoms with van der Waals surface area (Å²) < 4.78 is 2.38. The van der Waals surface area contributed by atoms with Crippen molar-refractivity contribution < 1.29 is 0 Å². The van der Waals surface area contributed by atoms with Gasteiger partial charge in [-0.3, -0.25) is 4.98 Å². The fourth-order valence-electron chi connectivity index (χ4n) is 5.30. The molecule has 170 valence electrons. The number of fused-ring (bicyclic) bond motifs is 4. The number of halogens is 1. The van der Waals surface area contributed by atoms with Crippen LogP contribution >= 0.6 is 11.6 Å². The van der Waals surface area contributed by atoms with Gasteiger partial charge in [0.25, 0.3) is 0 Å². The molecule has 7 aromatic rings. The fourth-order valence-corrected chi connectivity index (χ4v) is 5.49. The molecule has 0 amide bonds. The predicted molar refractivity (Wildman–Crippen MR) is 152 cm³/mol. The molecule has 0 radical (unpaired) electrons. The van der Waals surface area contributed by atoms with E-state index >= 15 is 0 Å². The van der Waals surface area contributed by atoms with Crippen LogP contribution in [0.1, 0.15) is 0 Å². The Kier molecular flexibility index (Phi) is 4.87. The van der Waals surface area contributed by atoms with E-state index in [4.69, 9.17) is 16.6 Å². The first-order valence-corrected chi connectivity index (χ1v) is 12.4. The summed E-state index contributed by atoms with van der Waals surface area (Å²) in [5.41, 5.74) is 9.02. The molecule has 5 aromatic carbocycles. The molecule has 0 N–H and O–H groups in total. The number of rotatable bonds is 3. The fraction of sp³-hybridized carbons (Fsp3) is 0. The molecule has 0 fully saturated rings. The highest BCUT2D eigenvalue weighted by atomic mass is 35.5. The molecule has 0 aliphatic rings. The maximum absolute atomic E-state index is 6.33. The molecule has 0 spiro atoms. The molecular formula is C33H21ClN2. The summed E-state index contributed by atoms with van der Waals surface area (Å²) in [5.74, 6) is 0. The van der Waals surface area contributed by atoms with Gasteiger partial charge in [-0.15, -0.1) is 0 Å². The van der Waals surface area contributed by atoms with Gasteiger partial charge in [-0.05, 0) is 47.5 Å². The number of hydrogen-bond donors (Lipinski definition) is 0. The van der Waals surface area contributed by atoms with Gasteiger partial charge in [0.05, 0.1) is 16.6 Å². The third kappa shape index (κ3) is 3.30. The molecule has 36 heavy (non-hydrogen) atoms. The van der Waals surface area contributed by atoms with Crippen molar-refractivity contribution in [3.8, 4) is 27.9 Å². The first kappa shape index (κ1) is 20.9. The van der Waals surface area contributed by atoms with Gasteiger partial charge in [0, 0.05) is 44.2 Å². The number of hydrogen-bond acceptors (Lipinski definition) is 1. The molecular weight excluding hydrogens is 460 g/mol. The molecule has 0 saturated heterocycles. The normalized spacial score (nSPS) is 11.5. The summed E-state index contributed by atoms with van der Waals surface area (Å²) >= 11 is 6.33. The summed E-state index contributed by atoms with van der Waals surface area (Å²) in [6.07, 6.45) is 1.87. The van der Waals surface area contributed by atoms with Gasteiger partial charge < -0.3 is 4.57 Å². The molecule has 0 saturated carbocycles. The van der Waals surface area contributed by atoms with Crippen LogP contribution in [-0.2, 0) is 0 Å². The topological polar surface area (TPSA) is 17.8 Å². The summed E-state index contributed by atoms with van der Waals surface area (Å²) in [4.78, 5) is 4.76. The van der Waals surface area contributed by atoms with Crippen LogP contribution in [0, 0.1) is 0 Å². The van der Waals surface area contributed by atoms with Crippen molar-refractivity contribution in [3.05, 3.63) is 133 Å². The molecule has 7 rings (SSSR count). The predicted octanol–water partition coefficient (Wildman–Crippen LogP) is 9.32. The van der Waals surface area contributed by atoms with Gasteiger partial charge in [-0.25, -0.2) is 0 Å². The monoisotopic (exact) mass is 480 g/mol. The minimum absolute atomic E-state index is 0.738. The summed E-state index contributed by atoms with van der Waals surface area (Å²) in [6.45, 7) is 0. The zero-order chi connectivity index (χ0) is 24.1. The second kappa shape index (κ2) is 8.37. The van der Waals surface area contributed by atoms with Gasteiger partial charge in [0.15, 0.2) is 0 Å². The zero-order valence-electron chi connectivity index (χ0n) is 19.4. The van der Waals surface area contributed by atoms with Crippen LogP contribution in [-0.4, -0.2) is 9.55 Å². The van der Waals surface area contributed by atoms with Crippen LogP contribution < -0.4 is 0 Å². The highest BCUT2D eigenvalue weighted by Crippen LogP contribution is 2.41. The molecule has 0 aliphatic heterocycles. The highest BCUT2D eigenvalue weighted by Gasteiger charge is 2.18. The summed E-state index contributed by atoms with van der Waals surface area (Å²) in [7, 11) is 0. The Hall–Kier alpha value is -4.40. The van der Waals surface area contributed by atoms with Crippen molar-refractivity contribution in [2.45, 2.75) is 0 Å². The lowest BCUT2D eigenvalue weighted by atomic mass is 9.99. The van der Waals surface area contributed by atoms with Gasteiger partial charge in [0.1, 0.15) is 0 Å². The Morgan fingerprint density at radius 1 is 0.583 bits per heavy atom. The highest BCUT2D eigenvalue weighted by molar-refractivity contribution is 6.30. The SMILES string of the molecule is Clc1cccc(-c2ccc3c4cccc(-c5cccc6cccnc56)c4n(-c4ccccc4)c3c2)c1. The van der Waals surface area contributed by atoms with Gasteiger partial charge in [-0.1, -0.05) is 96.5 Å². The minimum atomic E-state index is 0.738. The Labute approximate surface area is 214 Å². The second-order valence-electron chi connectivity index (χ2n) is 9.00. The van der Waals surface area contributed by atoms with Crippen molar-refractivity contribution in [1.82, 2.24) is 9.55 Å². The number of aromatic nitrogens is 2. The van der Waals surface area contributed by atoms with Crippen molar-refractivity contribution in [2.24, 2.45) is 0 Å². The molecule has 0 unspecified atom stereocenters. The third-order valence-corrected chi connectivity index (χ3v) is 7.12. The van der Waals surface area contributed by atoms with Crippen molar-refractivity contribution in [3.63, 3.8) is 0 Å². The average molecular weight is 481 g/mol. The summed E-state index contributed by atoms with van der Waals surface area (Å²) in [5, 5.41) is 4.31. The first-order valence-electron chi connectivity index (χ1n) is 12.0. The van der Waals surface area contributed by atoms with Crippen LogP contribution in [0.2, 0.25) is 5.02 Å². The van der Waals surface area contributed by atoms with E-state index in [2.05, 4.69) is 102 Å². The molecule has 2 aromatic heterocycles. The zero-order valence-corrected chi connectivity index (χ0v) is 20.2. The van der Waals surface area contributed by atoms with Crippen LogP contribution in [0.5, 0.6) is 0 Å². The quantitative estimate of drug-likeness (QED) is 0.246. The van der Waals surface area contributed by atoms with Gasteiger partial charge in [0.2, 0.25) is 0 Å². The van der Waals surface area contributed by atoms with Crippen LogP contribution in [0.3, 0.4) is 0 Å². The van der Waals surface area contributed by atoms with E-state index in [1.54, 1.807) is 0 Å². The number of nitrogens with zero attached hydrogens (tertiary/aromatic N) is 2. The van der Waals surface area contributed by atoms with Gasteiger partial charge >= 0.3 is 0 Å². The van der Waals surface area contributed by atoms with Gasteiger partial charge in [-0.2, -0.15) is 0 Å². The first-order chi connectivity index (χ1) is 17.8. The van der Waals surface area contributed by atoms with Crippen LogP contribution in [0.15, 0.2) is 128 Å². The molecule has 2 heterocycles. The van der Waals surface area contributed by atoms with E-state index in [1.165, 1.54) is 21.9 Å². The largest absolute Gasteiger partial charge is 0.309 e. The minimum Gasteiger partial charge on any atom is -0.309 e. The maximum atomic E-state index is 6.33. The van der Waals surface area contributed by atoms with Crippen LogP contribution in [0.4, 0.5) is 0 Å². The van der Waals surface area contributed by atoms with Crippen molar-refractivity contribution in [1.29, 1.82) is 0 Å². The lowest BCUT2D eigenvalue weighted by Crippen LogP contribution is -1.96. The van der Waals surface area contributed by atoms with E-state index in [0.717, 1.165) is 43.8 Å². The van der Waals surface area contributed by atoms with E-state index in [1.807, 2.05) is 30.5 Å². The second-order valence-corrected chi connectivity index (χ2v) is 9.43. The Balaban J connectivity index is 1.61. The molecule has 0 aliphatic carbocycles. The molecule has 0 bridgehead atoms. The number of para-hydroxylation sites is 3. The van der Waals surface area contributed by atoms with Crippen molar-refractivity contribution >= 4 is 44.3 Å². The Bertz CT molecular complexity index is 1900. The van der Waals surface area contributed by atoms with E-state index < -0.39 is 0 Å². The number of pyridine rings is 1. The third-order valence-electron chi connectivity index (χ3n) is 6.88.